The Morgan fingerprint density at radius 3 is 2.89 bits per heavy atom. The zero-order valence-corrected chi connectivity index (χ0v) is 11.7. The molecule has 3 nitrogen and oxygen atoms in total. The molecule has 1 fully saturated rings. The van der Waals surface area contributed by atoms with E-state index in [1.54, 1.807) is 11.3 Å². The van der Waals surface area contributed by atoms with Crippen molar-refractivity contribution in [2.75, 3.05) is 17.2 Å². The van der Waals surface area contributed by atoms with Gasteiger partial charge in [0.1, 0.15) is 0 Å². The molecule has 96 valence electrons. The summed E-state index contributed by atoms with van der Waals surface area (Å²) in [6.07, 6.45) is 2.75. The maximum atomic E-state index is 5.83. The van der Waals surface area contributed by atoms with Crippen LogP contribution in [-0.4, -0.2) is 17.6 Å². The molecule has 1 aliphatic rings. The van der Waals surface area contributed by atoms with Crippen molar-refractivity contribution in [2.24, 2.45) is 5.92 Å². The number of thiazole rings is 1. The maximum Gasteiger partial charge on any atom is 0.186 e. The third-order valence-corrected chi connectivity index (χ3v) is 4.48. The Bertz CT molecular complexity index is 557. The summed E-state index contributed by atoms with van der Waals surface area (Å²) in [5.41, 5.74) is 7.70. The molecule has 1 saturated carbocycles. The normalized spacial score (nSPS) is 15.5. The number of nitrogen functional groups attached to an aromatic ring is 1. The molecule has 0 amide bonds. The van der Waals surface area contributed by atoms with Crippen LogP contribution in [0.3, 0.4) is 0 Å². The molecule has 0 unspecified atom stereocenters. The molecule has 3 rings (SSSR count). The lowest BCUT2D eigenvalue weighted by Gasteiger charge is -2.25. The Kier molecular flexibility index (Phi) is 2.90. The van der Waals surface area contributed by atoms with Gasteiger partial charge >= 0.3 is 0 Å². The van der Waals surface area contributed by atoms with Crippen molar-refractivity contribution in [1.29, 1.82) is 0 Å². The number of hydrogen-bond acceptors (Lipinski definition) is 4. The predicted octanol–water partition coefficient (Wildman–Crippen LogP) is 3.50. The number of anilines is 2. The number of aromatic nitrogens is 1. The molecule has 0 spiro atoms. The van der Waals surface area contributed by atoms with Crippen molar-refractivity contribution in [3.63, 3.8) is 0 Å². The van der Waals surface area contributed by atoms with Gasteiger partial charge in [-0.15, -0.1) is 0 Å². The van der Waals surface area contributed by atoms with Gasteiger partial charge in [0, 0.05) is 18.3 Å². The van der Waals surface area contributed by atoms with Crippen LogP contribution in [0, 0.1) is 5.92 Å². The van der Waals surface area contributed by atoms with Gasteiger partial charge in [-0.05, 0) is 50.8 Å². The van der Waals surface area contributed by atoms with Gasteiger partial charge in [-0.3, -0.25) is 0 Å². The number of benzene rings is 1. The van der Waals surface area contributed by atoms with Crippen molar-refractivity contribution in [2.45, 2.75) is 32.7 Å². The Morgan fingerprint density at radius 1 is 1.44 bits per heavy atom. The number of hydrogen-bond donors (Lipinski definition) is 1. The average Bonchev–Trinajstić information content (AvgIpc) is 3.04. The number of nitrogens with zero attached hydrogens (tertiary/aromatic N) is 2. The zero-order chi connectivity index (χ0) is 12.7. The van der Waals surface area contributed by atoms with Gasteiger partial charge < -0.3 is 10.6 Å². The minimum atomic E-state index is 0.503. The van der Waals surface area contributed by atoms with E-state index < -0.39 is 0 Å². The molecule has 2 N–H and O–H groups in total. The molecule has 1 aliphatic carbocycles. The van der Waals surface area contributed by atoms with E-state index in [0.717, 1.165) is 28.8 Å². The first-order valence-corrected chi connectivity index (χ1v) is 7.38. The predicted molar refractivity (Wildman–Crippen MR) is 79.2 cm³/mol. The molecule has 2 aromatic rings. The van der Waals surface area contributed by atoms with Crippen LogP contribution in [0.5, 0.6) is 0 Å². The molecule has 1 heterocycles. The van der Waals surface area contributed by atoms with Gasteiger partial charge in [0.25, 0.3) is 0 Å². The summed E-state index contributed by atoms with van der Waals surface area (Å²) in [4.78, 5) is 7.17. The Morgan fingerprint density at radius 2 is 2.22 bits per heavy atom. The second kappa shape index (κ2) is 4.43. The van der Waals surface area contributed by atoms with Crippen molar-refractivity contribution in [3.8, 4) is 0 Å². The van der Waals surface area contributed by atoms with E-state index in [4.69, 9.17) is 10.7 Å². The first-order chi connectivity index (χ1) is 8.63. The number of fused-ring (bicyclic) bond motifs is 1. The largest absolute Gasteiger partial charge is 0.399 e. The molecule has 4 heteroatoms. The molecule has 0 radical (unpaired) electrons. The molecule has 1 aromatic carbocycles. The molecular formula is C14H19N3S. The lowest BCUT2D eigenvalue weighted by atomic mass is 10.3. The fraction of sp³-hybridized carbons (Fsp3) is 0.500. The smallest absolute Gasteiger partial charge is 0.186 e. The summed E-state index contributed by atoms with van der Waals surface area (Å²) in [6, 6.07) is 6.46. The molecule has 18 heavy (non-hydrogen) atoms. The van der Waals surface area contributed by atoms with Crippen LogP contribution in [0.1, 0.15) is 26.7 Å². The summed E-state index contributed by atoms with van der Waals surface area (Å²) in [5.74, 6) is 0.879. The van der Waals surface area contributed by atoms with E-state index in [2.05, 4.69) is 18.7 Å². The lowest BCUT2D eigenvalue weighted by Crippen LogP contribution is -2.32. The fourth-order valence-electron chi connectivity index (χ4n) is 2.14. The molecular weight excluding hydrogens is 242 g/mol. The van der Waals surface area contributed by atoms with Crippen LogP contribution in [-0.2, 0) is 0 Å². The summed E-state index contributed by atoms with van der Waals surface area (Å²) in [5, 5.41) is 1.14. The highest BCUT2D eigenvalue weighted by Crippen LogP contribution is 2.35. The van der Waals surface area contributed by atoms with E-state index in [0.29, 0.717) is 6.04 Å². The second-order valence-electron chi connectivity index (χ2n) is 5.41. The number of rotatable bonds is 4. The fourth-order valence-corrected chi connectivity index (χ4v) is 3.30. The van der Waals surface area contributed by atoms with Gasteiger partial charge in [0.2, 0.25) is 0 Å². The standard InChI is InChI=1S/C14H19N3S/c1-9(2)17(8-10-3-4-10)14-16-12-6-5-11(15)7-13(12)18-14/h5-7,9-10H,3-4,8,15H2,1-2H3. The molecule has 0 aliphatic heterocycles. The van der Waals surface area contributed by atoms with E-state index in [1.807, 2.05) is 18.2 Å². The Labute approximate surface area is 112 Å². The zero-order valence-electron chi connectivity index (χ0n) is 10.9. The van der Waals surface area contributed by atoms with Gasteiger partial charge in [0.05, 0.1) is 10.2 Å². The lowest BCUT2D eigenvalue weighted by molar-refractivity contribution is 0.643. The number of nitrogens with two attached hydrogens (primary N) is 1. The maximum absolute atomic E-state index is 5.83. The van der Waals surface area contributed by atoms with Crippen LogP contribution in [0.4, 0.5) is 10.8 Å². The van der Waals surface area contributed by atoms with Crippen LogP contribution in [0.2, 0.25) is 0 Å². The van der Waals surface area contributed by atoms with Crippen molar-refractivity contribution in [3.05, 3.63) is 18.2 Å². The average molecular weight is 261 g/mol. The highest BCUT2D eigenvalue weighted by atomic mass is 32.1. The highest BCUT2D eigenvalue weighted by molar-refractivity contribution is 7.22. The minimum absolute atomic E-state index is 0.503. The Balaban J connectivity index is 1.94. The van der Waals surface area contributed by atoms with Gasteiger partial charge in [0.15, 0.2) is 5.13 Å². The third-order valence-electron chi connectivity index (χ3n) is 3.42. The quantitative estimate of drug-likeness (QED) is 0.856. The summed E-state index contributed by atoms with van der Waals surface area (Å²) >= 11 is 1.75. The van der Waals surface area contributed by atoms with E-state index in [-0.39, 0.29) is 0 Å². The van der Waals surface area contributed by atoms with Gasteiger partial charge in [-0.1, -0.05) is 11.3 Å². The van der Waals surface area contributed by atoms with E-state index in [9.17, 15) is 0 Å². The van der Waals surface area contributed by atoms with Crippen molar-refractivity contribution in [1.82, 2.24) is 4.98 Å². The van der Waals surface area contributed by atoms with Crippen LogP contribution in [0.25, 0.3) is 10.2 Å². The van der Waals surface area contributed by atoms with Crippen molar-refractivity contribution >= 4 is 32.4 Å². The third kappa shape index (κ3) is 2.29. The second-order valence-corrected chi connectivity index (χ2v) is 6.42. The van der Waals surface area contributed by atoms with Crippen molar-refractivity contribution < 1.29 is 0 Å². The highest BCUT2D eigenvalue weighted by Gasteiger charge is 2.27. The van der Waals surface area contributed by atoms with Gasteiger partial charge in [-0.25, -0.2) is 4.98 Å². The minimum Gasteiger partial charge on any atom is -0.399 e. The first-order valence-electron chi connectivity index (χ1n) is 6.56. The first kappa shape index (κ1) is 11.8. The summed E-state index contributed by atoms with van der Waals surface area (Å²) < 4.78 is 1.19. The van der Waals surface area contributed by atoms with Crippen LogP contribution in [0.15, 0.2) is 18.2 Å². The van der Waals surface area contributed by atoms with E-state index >= 15 is 0 Å². The van der Waals surface area contributed by atoms with E-state index in [1.165, 1.54) is 17.5 Å². The molecule has 1 aromatic heterocycles. The van der Waals surface area contributed by atoms with Crippen LogP contribution >= 0.6 is 11.3 Å². The topological polar surface area (TPSA) is 42.2 Å². The molecule has 0 bridgehead atoms. The van der Waals surface area contributed by atoms with Crippen LogP contribution < -0.4 is 10.6 Å². The molecule has 0 saturated heterocycles. The summed E-state index contributed by atoms with van der Waals surface area (Å²) in [6.45, 7) is 5.62. The monoisotopic (exact) mass is 261 g/mol. The molecule has 0 atom stereocenters. The Hall–Kier alpha value is -1.29. The van der Waals surface area contributed by atoms with Gasteiger partial charge in [-0.2, -0.15) is 0 Å². The SMILES string of the molecule is CC(C)N(CC1CC1)c1nc2ccc(N)cc2s1. The summed E-state index contributed by atoms with van der Waals surface area (Å²) in [7, 11) is 0.